The SMILES string of the molecule is Oc1ccc(-n2c(C(F)(F)F)nc3c(C(F)(F)F)cccc32)cc1. The number of nitrogens with zero attached hydrogens (tertiary/aromatic N) is 2. The van der Waals surface area contributed by atoms with Crippen LogP contribution in [0.15, 0.2) is 42.5 Å². The fourth-order valence-corrected chi connectivity index (χ4v) is 2.38. The van der Waals surface area contributed by atoms with E-state index in [0.29, 0.717) is 10.6 Å². The summed E-state index contributed by atoms with van der Waals surface area (Å²) in [5, 5.41) is 9.25. The Morgan fingerprint density at radius 3 is 2.00 bits per heavy atom. The Morgan fingerprint density at radius 1 is 0.833 bits per heavy atom. The number of halogens is 6. The molecule has 0 amide bonds. The number of benzene rings is 2. The minimum Gasteiger partial charge on any atom is -0.508 e. The molecule has 1 aromatic heterocycles. The number of hydrogen-bond acceptors (Lipinski definition) is 2. The Kier molecular flexibility index (Phi) is 3.47. The lowest BCUT2D eigenvalue weighted by Gasteiger charge is -2.11. The van der Waals surface area contributed by atoms with Crippen molar-refractivity contribution in [2.45, 2.75) is 12.4 Å². The molecule has 0 aliphatic carbocycles. The lowest BCUT2D eigenvalue weighted by molar-refractivity contribution is -0.146. The van der Waals surface area contributed by atoms with Crippen LogP contribution in [-0.2, 0) is 12.4 Å². The van der Waals surface area contributed by atoms with Crippen molar-refractivity contribution in [1.29, 1.82) is 0 Å². The van der Waals surface area contributed by atoms with Crippen LogP contribution in [0.5, 0.6) is 5.75 Å². The topological polar surface area (TPSA) is 38.0 Å². The van der Waals surface area contributed by atoms with Gasteiger partial charge in [-0.1, -0.05) is 6.07 Å². The van der Waals surface area contributed by atoms with Crippen LogP contribution in [0.25, 0.3) is 16.7 Å². The van der Waals surface area contributed by atoms with Gasteiger partial charge in [0.05, 0.1) is 11.1 Å². The number of phenols is 1. The molecule has 2 aromatic carbocycles. The molecule has 3 rings (SSSR count). The van der Waals surface area contributed by atoms with Crippen LogP contribution in [0.1, 0.15) is 11.4 Å². The third-order valence-corrected chi connectivity index (χ3v) is 3.35. The van der Waals surface area contributed by atoms with E-state index in [1.54, 1.807) is 0 Å². The third-order valence-electron chi connectivity index (χ3n) is 3.35. The molecule has 126 valence electrons. The maximum Gasteiger partial charge on any atom is 0.450 e. The van der Waals surface area contributed by atoms with Crippen molar-refractivity contribution < 1.29 is 31.4 Å². The van der Waals surface area contributed by atoms with E-state index in [1.165, 1.54) is 0 Å². The van der Waals surface area contributed by atoms with E-state index in [9.17, 15) is 31.4 Å². The molecule has 3 aromatic rings. The van der Waals surface area contributed by atoms with Crippen LogP contribution in [0.2, 0.25) is 0 Å². The Labute approximate surface area is 130 Å². The lowest BCUT2D eigenvalue weighted by Crippen LogP contribution is -2.13. The summed E-state index contributed by atoms with van der Waals surface area (Å²) in [5.41, 5.74) is -2.43. The predicted molar refractivity (Wildman–Crippen MR) is 72.7 cm³/mol. The number of imidazole rings is 1. The van der Waals surface area contributed by atoms with Gasteiger partial charge in [-0.3, -0.25) is 4.57 Å². The standard InChI is InChI=1S/C15H8F6N2O/c16-14(17,18)10-2-1-3-11-12(10)22-13(15(19,20)21)23(11)8-4-6-9(24)7-5-8/h1-7,24H. The van der Waals surface area contributed by atoms with E-state index in [-0.39, 0.29) is 17.0 Å². The molecule has 0 saturated carbocycles. The number of fused-ring (bicyclic) bond motifs is 1. The number of para-hydroxylation sites is 1. The highest BCUT2D eigenvalue weighted by Crippen LogP contribution is 2.39. The number of phenolic OH excluding ortho intramolecular Hbond substituents is 1. The Balaban J connectivity index is 2.40. The van der Waals surface area contributed by atoms with Crippen molar-refractivity contribution in [2.75, 3.05) is 0 Å². The van der Waals surface area contributed by atoms with Gasteiger partial charge in [-0.25, -0.2) is 4.98 Å². The monoisotopic (exact) mass is 346 g/mol. The molecule has 1 heterocycles. The zero-order valence-electron chi connectivity index (χ0n) is 11.7. The van der Waals surface area contributed by atoms with Gasteiger partial charge < -0.3 is 5.11 Å². The molecule has 9 heteroatoms. The van der Waals surface area contributed by atoms with Crippen molar-refractivity contribution in [3.05, 3.63) is 53.9 Å². The smallest absolute Gasteiger partial charge is 0.450 e. The first-order valence-corrected chi connectivity index (χ1v) is 6.54. The average molecular weight is 346 g/mol. The molecular weight excluding hydrogens is 338 g/mol. The van der Waals surface area contributed by atoms with Gasteiger partial charge >= 0.3 is 12.4 Å². The van der Waals surface area contributed by atoms with Gasteiger partial charge in [-0.15, -0.1) is 0 Å². The van der Waals surface area contributed by atoms with E-state index < -0.39 is 29.3 Å². The highest BCUT2D eigenvalue weighted by Gasteiger charge is 2.41. The molecule has 0 spiro atoms. The first kappa shape index (κ1) is 16.2. The zero-order chi connectivity index (χ0) is 17.7. The summed E-state index contributed by atoms with van der Waals surface area (Å²) in [5.74, 6) is -1.66. The van der Waals surface area contributed by atoms with Gasteiger partial charge in [0.1, 0.15) is 11.3 Å². The number of rotatable bonds is 1. The van der Waals surface area contributed by atoms with Gasteiger partial charge in [0.25, 0.3) is 0 Å². The van der Waals surface area contributed by atoms with Crippen molar-refractivity contribution in [1.82, 2.24) is 9.55 Å². The van der Waals surface area contributed by atoms with Gasteiger partial charge in [0.15, 0.2) is 0 Å². The summed E-state index contributed by atoms with van der Waals surface area (Å²) in [6.45, 7) is 0. The maximum atomic E-state index is 13.3. The summed E-state index contributed by atoms with van der Waals surface area (Å²) in [6, 6.07) is 7.40. The summed E-state index contributed by atoms with van der Waals surface area (Å²) in [7, 11) is 0. The van der Waals surface area contributed by atoms with E-state index >= 15 is 0 Å². The highest BCUT2D eigenvalue weighted by atomic mass is 19.4. The molecule has 0 aliphatic heterocycles. The van der Waals surface area contributed by atoms with Crippen molar-refractivity contribution >= 4 is 11.0 Å². The van der Waals surface area contributed by atoms with Gasteiger partial charge in [0.2, 0.25) is 5.82 Å². The molecule has 0 radical (unpaired) electrons. The van der Waals surface area contributed by atoms with Gasteiger partial charge in [0, 0.05) is 5.69 Å². The van der Waals surface area contributed by atoms with E-state index in [1.807, 2.05) is 0 Å². The molecule has 24 heavy (non-hydrogen) atoms. The van der Waals surface area contributed by atoms with Crippen molar-refractivity contribution in [3.8, 4) is 11.4 Å². The van der Waals surface area contributed by atoms with E-state index in [0.717, 1.165) is 36.4 Å². The largest absolute Gasteiger partial charge is 0.508 e. The van der Waals surface area contributed by atoms with Crippen molar-refractivity contribution in [2.24, 2.45) is 0 Å². The molecule has 1 N–H and O–H groups in total. The van der Waals surface area contributed by atoms with Crippen LogP contribution >= 0.6 is 0 Å². The van der Waals surface area contributed by atoms with Crippen LogP contribution in [0, 0.1) is 0 Å². The summed E-state index contributed by atoms with van der Waals surface area (Å²) < 4.78 is 79.5. The quantitative estimate of drug-likeness (QED) is 0.645. The molecule has 0 unspecified atom stereocenters. The second-order valence-corrected chi connectivity index (χ2v) is 4.96. The molecule has 3 nitrogen and oxygen atoms in total. The molecule has 0 aliphatic rings. The average Bonchev–Trinajstić information content (AvgIpc) is 2.86. The Morgan fingerprint density at radius 2 is 1.46 bits per heavy atom. The molecule has 0 bridgehead atoms. The molecule has 0 saturated heterocycles. The minimum atomic E-state index is -4.96. The van der Waals surface area contributed by atoms with Crippen LogP contribution in [0.3, 0.4) is 0 Å². The zero-order valence-corrected chi connectivity index (χ0v) is 11.7. The normalized spacial score (nSPS) is 12.8. The second-order valence-electron chi connectivity index (χ2n) is 4.96. The number of alkyl halides is 6. The van der Waals surface area contributed by atoms with Gasteiger partial charge in [-0.05, 0) is 36.4 Å². The highest BCUT2D eigenvalue weighted by molar-refractivity contribution is 5.82. The van der Waals surface area contributed by atoms with E-state index in [4.69, 9.17) is 0 Å². The predicted octanol–water partition coefficient (Wildman–Crippen LogP) is 4.77. The van der Waals surface area contributed by atoms with Crippen molar-refractivity contribution in [3.63, 3.8) is 0 Å². The Bertz CT molecular complexity index is 893. The third kappa shape index (κ3) is 2.66. The Hall–Kier alpha value is -2.71. The summed E-state index contributed by atoms with van der Waals surface area (Å²) in [4.78, 5) is 3.20. The fourth-order valence-electron chi connectivity index (χ4n) is 2.38. The van der Waals surface area contributed by atoms with Crippen LogP contribution < -0.4 is 0 Å². The summed E-state index contributed by atoms with van der Waals surface area (Å²) >= 11 is 0. The van der Waals surface area contributed by atoms with Crippen LogP contribution in [-0.4, -0.2) is 14.7 Å². The van der Waals surface area contributed by atoms with Gasteiger partial charge in [-0.2, -0.15) is 26.3 Å². The summed E-state index contributed by atoms with van der Waals surface area (Å²) in [6.07, 6.45) is -9.80. The minimum absolute atomic E-state index is 0.0676. The molecule has 0 atom stereocenters. The first-order chi connectivity index (χ1) is 11.1. The lowest BCUT2D eigenvalue weighted by atomic mass is 10.1. The maximum absolute atomic E-state index is 13.3. The van der Waals surface area contributed by atoms with Crippen LogP contribution in [0.4, 0.5) is 26.3 Å². The number of aromatic hydroxyl groups is 1. The van der Waals surface area contributed by atoms with E-state index in [2.05, 4.69) is 4.98 Å². The molecule has 0 fully saturated rings. The molecular formula is C15H8F6N2O. The first-order valence-electron chi connectivity index (χ1n) is 6.54. The fraction of sp³-hybridized carbons (Fsp3) is 0.133. The number of aromatic nitrogens is 2. The number of hydrogen-bond donors (Lipinski definition) is 1. The second kappa shape index (κ2) is 5.15.